The molecule has 1 aliphatic carbocycles. The van der Waals surface area contributed by atoms with Gasteiger partial charge < -0.3 is 5.32 Å². The first-order valence-electron chi connectivity index (χ1n) is 4.81. The molecule has 0 aliphatic heterocycles. The Morgan fingerprint density at radius 3 is 2.54 bits per heavy atom. The van der Waals surface area contributed by atoms with Crippen molar-refractivity contribution < 1.29 is 0 Å². The molecule has 13 heavy (non-hydrogen) atoms. The van der Waals surface area contributed by atoms with Crippen LogP contribution in [0, 0.1) is 12.8 Å². The molecule has 1 fully saturated rings. The summed E-state index contributed by atoms with van der Waals surface area (Å²) in [4.78, 5) is 8.41. The van der Waals surface area contributed by atoms with E-state index in [0.29, 0.717) is 6.04 Å². The zero-order valence-electron chi connectivity index (χ0n) is 8.12. The molecule has 1 unspecified atom stereocenters. The molecular weight excluding hydrogens is 162 g/mol. The van der Waals surface area contributed by atoms with E-state index in [2.05, 4.69) is 22.2 Å². The van der Waals surface area contributed by atoms with Crippen molar-refractivity contribution in [3.8, 4) is 0 Å². The predicted molar refractivity (Wildman–Crippen MR) is 52.6 cm³/mol. The second-order valence-electron chi connectivity index (χ2n) is 3.85. The number of anilines is 1. The fourth-order valence-corrected chi connectivity index (χ4v) is 1.38. The molecule has 1 aliphatic rings. The van der Waals surface area contributed by atoms with Gasteiger partial charge in [-0.25, -0.2) is 9.97 Å². The minimum absolute atomic E-state index is 0.516. The third kappa shape index (κ3) is 2.17. The average molecular weight is 177 g/mol. The Morgan fingerprint density at radius 1 is 1.38 bits per heavy atom. The maximum atomic E-state index is 4.21. The molecule has 3 heteroatoms. The summed E-state index contributed by atoms with van der Waals surface area (Å²) in [6, 6.07) is 0.516. The topological polar surface area (TPSA) is 37.8 Å². The minimum Gasteiger partial charge on any atom is -0.351 e. The lowest BCUT2D eigenvalue weighted by Gasteiger charge is -2.11. The van der Waals surface area contributed by atoms with Gasteiger partial charge in [-0.2, -0.15) is 0 Å². The predicted octanol–water partition coefficient (Wildman–Crippen LogP) is 2.00. The Balaban J connectivity index is 1.96. The van der Waals surface area contributed by atoms with Crippen LogP contribution in [-0.2, 0) is 0 Å². The van der Waals surface area contributed by atoms with E-state index < -0.39 is 0 Å². The molecule has 3 nitrogen and oxygen atoms in total. The number of nitrogens with zero attached hydrogens (tertiary/aromatic N) is 2. The first kappa shape index (κ1) is 8.48. The Bertz CT molecular complexity index is 277. The zero-order chi connectivity index (χ0) is 9.26. The van der Waals surface area contributed by atoms with Gasteiger partial charge in [-0.3, -0.25) is 0 Å². The highest BCUT2D eigenvalue weighted by Crippen LogP contribution is 2.33. The van der Waals surface area contributed by atoms with Crippen molar-refractivity contribution >= 4 is 5.95 Å². The van der Waals surface area contributed by atoms with Crippen LogP contribution in [0.5, 0.6) is 0 Å². The van der Waals surface area contributed by atoms with Crippen LogP contribution in [-0.4, -0.2) is 16.0 Å². The van der Waals surface area contributed by atoms with E-state index in [1.807, 2.05) is 19.3 Å². The number of aryl methyl sites for hydroxylation is 1. The summed E-state index contributed by atoms with van der Waals surface area (Å²) < 4.78 is 0. The van der Waals surface area contributed by atoms with E-state index in [1.165, 1.54) is 12.8 Å². The first-order valence-corrected chi connectivity index (χ1v) is 4.81. The van der Waals surface area contributed by atoms with Gasteiger partial charge in [0, 0.05) is 18.4 Å². The molecule has 1 N–H and O–H groups in total. The van der Waals surface area contributed by atoms with Crippen molar-refractivity contribution in [2.45, 2.75) is 32.7 Å². The van der Waals surface area contributed by atoms with Gasteiger partial charge in [0.25, 0.3) is 0 Å². The Kier molecular flexibility index (Phi) is 2.17. The van der Waals surface area contributed by atoms with E-state index in [0.717, 1.165) is 17.4 Å². The molecule has 0 bridgehead atoms. The van der Waals surface area contributed by atoms with E-state index in [-0.39, 0.29) is 0 Å². The van der Waals surface area contributed by atoms with Crippen LogP contribution in [0.25, 0.3) is 0 Å². The van der Waals surface area contributed by atoms with Gasteiger partial charge in [0.2, 0.25) is 5.95 Å². The molecule has 0 radical (unpaired) electrons. The smallest absolute Gasteiger partial charge is 0.222 e. The summed E-state index contributed by atoms with van der Waals surface area (Å²) in [5.74, 6) is 1.59. The molecule has 70 valence electrons. The highest BCUT2D eigenvalue weighted by atomic mass is 15.1. The third-order valence-electron chi connectivity index (χ3n) is 2.47. The maximum absolute atomic E-state index is 4.21. The van der Waals surface area contributed by atoms with Crippen molar-refractivity contribution in [2.75, 3.05) is 5.32 Å². The third-order valence-corrected chi connectivity index (χ3v) is 2.47. The molecule has 0 aromatic carbocycles. The molecule has 1 saturated carbocycles. The second kappa shape index (κ2) is 3.32. The van der Waals surface area contributed by atoms with Crippen LogP contribution >= 0.6 is 0 Å². The lowest BCUT2D eigenvalue weighted by atomic mass is 10.2. The lowest BCUT2D eigenvalue weighted by Crippen LogP contribution is -2.18. The Labute approximate surface area is 78.6 Å². The molecule has 0 amide bonds. The van der Waals surface area contributed by atoms with Crippen LogP contribution < -0.4 is 5.32 Å². The quantitative estimate of drug-likeness (QED) is 0.767. The van der Waals surface area contributed by atoms with Crippen molar-refractivity contribution in [2.24, 2.45) is 5.92 Å². The largest absolute Gasteiger partial charge is 0.351 e. The summed E-state index contributed by atoms with van der Waals surface area (Å²) in [6.45, 7) is 4.19. The van der Waals surface area contributed by atoms with Gasteiger partial charge in [0.15, 0.2) is 0 Å². The van der Waals surface area contributed by atoms with E-state index in [4.69, 9.17) is 0 Å². The molecule has 2 rings (SSSR count). The van der Waals surface area contributed by atoms with E-state index >= 15 is 0 Å². The highest BCUT2D eigenvalue weighted by molar-refractivity contribution is 5.26. The summed E-state index contributed by atoms with van der Waals surface area (Å²) >= 11 is 0. The van der Waals surface area contributed by atoms with E-state index in [1.54, 1.807) is 0 Å². The maximum Gasteiger partial charge on any atom is 0.222 e. The highest BCUT2D eigenvalue weighted by Gasteiger charge is 2.28. The number of nitrogens with one attached hydrogen (secondary N) is 1. The number of aromatic nitrogens is 2. The molecular formula is C10H15N3. The minimum atomic E-state index is 0.516. The Morgan fingerprint density at radius 2 is 2.00 bits per heavy atom. The van der Waals surface area contributed by atoms with Gasteiger partial charge in [-0.05, 0) is 38.2 Å². The number of hydrogen-bond donors (Lipinski definition) is 1. The number of hydrogen-bond acceptors (Lipinski definition) is 3. The summed E-state index contributed by atoms with van der Waals surface area (Å²) in [6.07, 6.45) is 6.38. The van der Waals surface area contributed by atoms with Crippen LogP contribution in [0.3, 0.4) is 0 Å². The van der Waals surface area contributed by atoms with Gasteiger partial charge in [-0.1, -0.05) is 0 Å². The average Bonchev–Trinajstić information content (AvgIpc) is 2.91. The Hall–Kier alpha value is -1.12. The zero-order valence-corrected chi connectivity index (χ0v) is 8.12. The normalized spacial score (nSPS) is 18.3. The fraction of sp³-hybridized carbons (Fsp3) is 0.600. The van der Waals surface area contributed by atoms with Crippen molar-refractivity contribution in [1.29, 1.82) is 0 Å². The van der Waals surface area contributed by atoms with Crippen LogP contribution in [0.15, 0.2) is 12.4 Å². The van der Waals surface area contributed by atoms with E-state index in [9.17, 15) is 0 Å². The van der Waals surface area contributed by atoms with Gasteiger partial charge in [0.05, 0.1) is 0 Å². The standard InChI is InChI=1S/C10H15N3/c1-7-5-11-10(12-6-7)13-8(2)9-3-4-9/h5-6,8-9H,3-4H2,1-2H3,(H,11,12,13). The molecule has 1 aromatic rings. The van der Waals surface area contributed by atoms with Crippen molar-refractivity contribution in [3.05, 3.63) is 18.0 Å². The van der Waals surface area contributed by atoms with Crippen molar-refractivity contribution in [3.63, 3.8) is 0 Å². The fourth-order valence-electron chi connectivity index (χ4n) is 1.38. The van der Waals surface area contributed by atoms with Crippen LogP contribution in [0.4, 0.5) is 5.95 Å². The summed E-state index contributed by atoms with van der Waals surface area (Å²) in [5, 5.41) is 3.31. The number of rotatable bonds is 3. The first-order chi connectivity index (χ1) is 6.25. The molecule has 0 spiro atoms. The molecule has 1 heterocycles. The van der Waals surface area contributed by atoms with Crippen molar-refractivity contribution in [1.82, 2.24) is 9.97 Å². The summed E-state index contributed by atoms with van der Waals surface area (Å²) in [7, 11) is 0. The van der Waals surface area contributed by atoms with Gasteiger partial charge in [0.1, 0.15) is 0 Å². The van der Waals surface area contributed by atoms with Crippen LogP contribution in [0.1, 0.15) is 25.3 Å². The molecule has 0 saturated heterocycles. The monoisotopic (exact) mass is 177 g/mol. The molecule has 1 atom stereocenters. The van der Waals surface area contributed by atoms with Crippen LogP contribution in [0.2, 0.25) is 0 Å². The van der Waals surface area contributed by atoms with Gasteiger partial charge >= 0.3 is 0 Å². The SMILES string of the molecule is Cc1cnc(NC(C)C2CC2)nc1. The van der Waals surface area contributed by atoms with Gasteiger partial charge in [-0.15, -0.1) is 0 Å². The molecule has 1 aromatic heterocycles. The second-order valence-corrected chi connectivity index (χ2v) is 3.85. The summed E-state index contributed by atoms with van der Waals surface area (Å²) in [5.41, 5.74) is 1.10. The lowest BCUT2D eigenvalue weighted by molar-refractivity contribution is 0.686.